The Labute approximate surface area is 111 Å². The molecule has 0 radical (unpaired) electrons. The van der Waals surface area contributed by atoms with Gasteiger partial charge in [-0.05, 0) is 20.8 Å². The molecule has 0 heterocycles. The molecule has 0 saturated carbocycles. The van der Waals surface area contributed by atoms with E-state index in [0.717, 1.165) is 0 Å². The lowest BCUT2D eigenvalue weighted by Crippen LogP contribution is -2.53. The van der Waals surface area contributed by atoms with E-state index in [1.54, 1.807) is 4.90 Å². The maximum atomic E-state index is 11.8. The van der Waals surface area contributed by atoms with Crippen molar-refractivity contribution in [2.45, 2.75) is 32.9 Å². The average molecular weight is 275 g/mol. The van der Waals surface area contributed by atoms with Crippen LogP contribution in [0.2, 0.25) is 0 Å². The number of aliphatic hydroxyl groups excluding tert-OH is 1. The summed E-state index contributed by atoms with van der Waals surface area (Å²) in [6.45, 7) is 5.48. The van der Waals surface area contributed by atoms with Crippen LogP contribution in [0.25, 0.3) is 0 Å². The number of carboxylic acid groups (broad SMARTS) is 1. The van der Waals surface area contributed by atoms with Crippen molar-refractivity contribution in [1.29, 1.82) is 0 Å². The van der Waals surface area contributed by atoms with Crippen molar-refractivity contribution in [3.63, 3.8) is 0 Å². The second kappa shape index (κ2) is 8.30. The van der Waals surface area contributed by atoms with Gasteiger partial charge < -0.3 is 25.7 Å². The van der Waals surface area contributed by atoms with E-state index in [1.165, 1.54) is 6.92 Å². The van der Waals surface area contributed by atoms with Crippen LogP contribution >= 0.6 is 0 Å². The zero-order chi connectivity index (χ0) is 15.0. The van der Waals surface area contributed by atoms with Gasteiger partial charge in [-0.15, -0.1) is 0 Å². The third-order valence-electron chi connectivity index (χ3n) is 2.58. The summed E-state index contributed by atoms with van der Waals surface area (Å²) in [6.07, 6.45) is 0. The van der Waals surface area contributed by atoms with Crippen molar-refractivity contribution in [3.8, 4) is 0 Å². The molecule has 0 aromatic heterocycles. The Morgan fingerprint density at radius 3 is 2.05 bits per heavy atom. The molecule has 0 bridgehead atoms. The second-order valence-corrected chi connectivity index (χ2v) is 3.92. The number of amides is 3. The fraction of sp³-hybridized carbons (Fsp3) is 0.727. The normalized spacial score (nSPS) is 13.3. The Morgan fingerprint density at radius 2 is 1.68 bits per heavy atom. The fourth-order valence-corrected chi connectivity index (χ4v) is 1.45. The zero-order valence-corrected chi connectivity index (χ0v) is 11.3. The number of urea groups is 1. The van der Waals surface area contributed by atoms with Crippen molar-refractivity contribution >= 4 is 17.9 Å². The molecule has 19 heavy (non-hydrogen) atoms. The molecular weight excluding hydrogens is 254 g/mol. The minimum atomic E-state index is -1.39. The van der Waals surface area contributed by atoms with Crippen molar-refractivity contribution < 1.29 is 24.6 Å². The lowest BCUT2D eigenvalue weighted by atomic mass is 10.3. The highest BCUT2D eigenvalue weighted by atomic mass is 16.4. The predicted octanol–water partition coefficient (Wildman–Crippen LogP) is -1.01. The van der Waals surface area contributed by atoms with Crippen LogP contribution in [0.3, 0.4) is 0 Å². The van der Waals surface area contributed by atoms with Gasteiger partial charge in [0.25, 0.3) is 0 Å². The minimum absolute atomic E-state index is 0.254. The fourth-order valence-electron chi connectivity index (χ4n) is 1.45. The number of carbonyl (C=O) groups is 3. The van der Waals surface area contributed by atoms with Crippen LogP contribution in [0.15, 0.2) is 0 Å². The number of carboxylic acids is 1. The highest BCUT2D eigenvalue weighted by Gasteiger charge is 2.23. The van der Waals surface area contributed by atoms with E-state index < -0.39 is 30.7 Å². The summed E-state index contributed by atoms with van der Waals surface area (Å²) in [7, 11) is 0. The highest BCUT2D eigenvalue weighted by Crippen LogP contribution is 1.95. The molecule has 0 fully saturated rings. The number of nitrogens with one attached hydrogen (secondary N) is 2. The molecule has 0 aliphatic carbocycles. The van der Waals surface area contributed by atoms with Crippen LogP contribution in [-0.4, -0.2) is 64.8 Å². The van der Waals surface area contributed by atoms with Crippen LogP contribution in [-0.2, 0) is 9.59 Å². The van der Waals surface area contributed by atoms with E-state index in [1.807, 2.05) is 13.8 Å². The van der Waals surface area contributed by atoms with Crippen LogP contribution in [0.5, 0.6) is 0 Å². The molecule has 110 valence electrons. The molecule has 1 unspecified atom stereocenters. The molecule has 8 heteroatoms. The Morgan fingerprint density at radius 1 is 1.16 bits per heavy atom. The van der Waals surface area contributed by atoms with E-state index >= 15 is 0 Å². The summed E-state index contributed by atoms with van der Waals surface area (Å²) in [4.78, 5) is 35.5. The van der Waals surface area contributed by atoms with Gasteiger partial charge in [-0.1, -0.05) is 0 Å². The summed E-state index contributed by atoms with van der Waals surface area (Å²) >= 11 is 0. The monoisotopic (exact) mass is 275 g/mol. The topological polar surface area (TPSA) is 119 Å². The Hall–Kier alpha value is -1.83. The molecule has 8 nitrogen and oxygen atoms in total. The zero-order valence-electron chi connectivity index (χ0n) is 11.3. The van der Waals surface area contributed by atoms with Gasteiger partial charge in [0, 0.05) is 13.1 Å². The van der Waals surface area contributed by atoms with E-state index in [4.69, 9.17) is 10.2 Å². The van der Waals surface area contributed by atoms with Crippen LogP contribution in [0.4, 0.5) is 4.79 Å². The summed E-state index contributed by atoms with van der Waals surface area (Å²) in [6, 6.07) is -2.97. The molecule has 0 spiro atoms. The standard InChI is InChI=1S/C11H21N3O5/c1-4-14(5-2)9(16)7(3)12-11(19)13-8(6-15)10(17)18/h7-8,15H,4-6H2,1-3H3,(H,17,18)(H2,12,13,19)/t7?,8-/m0/s1. The molecule has 3 amide bonds. The van der Waals surface area contributed by atoms with Gasteiger partial charge in [-0.25, -0.2) is 9.59 Å². The summed E-state index contributed by atoms with van der Waals surface area (Å²) < 4.78 is 0. The van der Waals surface area contributed by atoms with Gasteiger partial charge in [0.2, 0.25) is 5.91 Å². The lowest BCUT2D eigenvalue weighted by molar-refractivity contribution is -0.140. The molecule has 0 aliphatic rings. The van der Waals surface area contributed by atoms with Gasteiger partial charge in [-0.2, -0.15) is 0 Å². The number of aliphatic hydroxyl groups is 1. The van der Waals surface area contributed by atoms with Crippen LogP contribution < -0.4 is 10.6 Å². The van der Waals surface area contributed by atoms with E-state index in [-0.39, 0.29) is 5.91 Å². The van der Waals surface area contributed by atoms with Crippen LogP contribution in [0, 0.1) is 0 Å². The molecule has 0 saturated heterocycles. The molecule has 0 aromatic carbocycles. The molecule has 0 rings (SSSR count). The van der Waals surface area contributed by atoms with Crippen molar-refractivity contribution in [1.82, 2.24) is 15.5 Å². The third-order valence-corrected chi connectivity index (χ3v) is 2.58. The lowest BCUT2D eigenvalue weighted by Gasteiger charge is -2.24. The number of nitrogens with zero attached hydrogens (tertiary/aromatic N) is 1. The van der Waals surface area contributed by atoms with Crippen molar-refractivity contribution in [2.24, 2.45) is 0 Å². The Balaban J connectivity index is 4.40. The first kappa shape index (κ1) is 17.2. The number of hydrogen-bond acceptors (Lipinski definition) is 4. The number of likely N-dealkylation sites (N-methyl/N-ethyl adjacent to an activating group) is 1. The predicted molar refractivity (Wildman–Crippen MR) is 67.6 cm³/mol. The van der Waals surface area contributed by atoms with Crippen molar-refractivity contribution in [3.05, 3.63) is 0 Å². The van der Waals surface area contributed by atoms with E-state index in [9.17, 15) is 14.4 Å². The molecular formula is C11H21N3O5. The minimum Gasteiger partial charge on any atom is -0.480 e. The number of carbonyl (C=O) groups excluding carboxylic acids is 2. The second-order valence-electron chi connectivity index (χ2n) is 3.92. The Bertz CT molecular complexity index is 330. The Kier molecular flexibility index (Phi) is 7.50. The quantitative estimate of drug-likeness (QED) is 0.474. The molecule has 0 aromatic rings. The van der Waals surface area contributed by atoms with Gasteiger partial charge >= 0.3 is 12.0 Å². The van der Waals surface area contributed by atoms with Gasteiger partial charge in [0.05, 0.1) is 6.61 Å². The number of aliphatic carboxylic acids is 1. The molecule has 2 atom stereocenters. The van der Waals surface area contributed by atoms with Crippen molar-refractivity contribution in [2.75, 3.05) is 19.7 Å². The van der Waals surface area contributed by atoms with Crippen LogP contribution in [0.1, 0.15) is 20.8 Å². The SMILES string of the molecule is CCN(CC)C(=O)C(C)NC(=O)N[C@@H](CO)C(=O)O. The maximum Gasteiger partial charge on any atom is 0.328 e. The van der Waals surface area contributed by atoms with E-state index in [2.05, 4.69) is 10.6 Å². The number of rotatable bonds is 7. The van der Waals surface area contributed by atoms with Gasteiger partial charge in [-0.3, -0.25) is 4.79 Å². The summed E-state index contributed by atoms with van der Waals surface area (Å²) in [5, 5.41) is 21.8. The summed E-state index contributed by atoms with van der Waals surface area (Å²) in [5.74, 6) is -1.60. The largest absolute Gasteiger partial charge is 0.480 e. The van der Waals surface area contributed by atoms with Gasteiger partial charge in [0.15, 0.2) is 6.04 Å². The van der Waals surface area contributed by atoms with Gasteiger partial charge in [0.1, 0.15) is 6.04 Å². The number of hydrogen-bond donors (Lipinski definition) is 4. The molecule has 0 aliphatic heterocycles. The highest BCUT2D eigenvalue weighted by molar-refractivity contribution is 5.88. The maximum absolute atomic E-state index is 11.8. The average Bonchev–Trinajstić information content (AvgIpc) is 2.36. The van der Waals surface area contributed by atoms with E-state index in [0.29, 0.717) is 13.1 Å². The first-order valence-corrected chi connectivity index (χ1v) is 6.06. The first-order valence-electron chi connectivity index (χ1n) is 6.06. The molecule has 4 N–H and O–H groups in total. The first-order chi connectivity index (χ1) is 8.87. The smallest absolute Gasteiger partial charge is 0.328 e. The third kappa shape index (κ3) is 5.56. The summed E-state index contributed by atoms with van der Waals surface area (Å²) in [5.41, 5.74) is 0.